The molecule has 0 saturated carbocycles. The van der Waals surface area contributed by atoms with Gasteiger partial charge < -0.3 is 5.32 Å². The number of nitrogens with one attached hydrogen (secondary N) is 1. The number of hydrogen-bond acceptors (Lipinski definition) is 3. The summed E-state index contributed by atoms with van der Waals surface area (Å²) in [4.78, 5) is 5.67. The monoisotopic (exact) mass is 339 g/mol. The van der Waals surface area contributed by atoms with E-state index in [2.05, 4.69) is 27.8 Å². The minimum absolute atomic E-state index is 0.175. The second kappa shape index (κ2) is 6.36. The Morgan fingerprint density at radius 1 is 1.33 bits per heavy atom. The zero-order valence-electron chi connectivity index (χ0n) is 11.5. The molecule has 21 heavy (non-hydrogen) atoms. The van der Waals surface area contributed by atoms with Crippen molar-refractivity contribution >= 4 is 39.5 Å². The highest BCUT2D eigenvalue weighted by molar-refractivity contribution is 7.15. The van der Waals surface area contributed by atoms with E-state index in [4.69, 9.17) is 23.2 Å². The molecule has 3 nitrogen and oxygen atoms in total. The maximum Gasteiger partial charge on any atom is 0.193 e. The minimum Gasteiger partial charge on any atom is -0.310 e. The molecule has 0 amide bonds. The van der Waals surface area contributed by atoms with Crippen LogP contribution in [0.1, 0.15) is 24.2 Å². The number of aromatic nitrogens is 2. The Balaban J connectivity index is 1.86. The maximum atomic E-state index is 6.13. The van der Waals surface area contributed by atoms with Crippen LogP contribution >= 0.6 is 34.5 Å². The lowest BCUT2D eigenvalue weighted by Crippen LogP contribution is -2.23. The molecule has 2 heterocycles. The molecule has 0 bridgehead atoms. The highest BCUT2D eigenvalue weighted by Gasteiger charge is 2.15. The van der Waals surface area contributed by atoms with E-state index in [1.807, 2.05) is 29.8 Å². The molecule has 6 heteroatoms. The average Bonchev–Trinajstić information content (AvgIpc) is 3.02. The third kappa shape index (κ3) is 3.24. The fourth-order valence-corrected chi connectivity index (χ4v) is 3.39. The standard InChI is InChI=1S/C15H15Cl2N3S/c1-2-18-14(10-3-4-12(16)13(17)7-10)8-11-9-20-5-6-21-15(20)19-11/h3-7,9,14,18H,2,8H2,1H3. The van der Waals surface area contributed by atoms with Crippen LogP contribution in [-0.4, -0.2) is 15.9 Å². The van der Waals surface area contributed by atoms with Crippen molar-refractivity contribution in [1.82, 2.24) is 14.7 Å². The van der Waals surface area contributed by atoms with E-state index in [9.17, 15) is 0 Å². The molecule has 0 aliphatic heterocycles. The summed E-state index contributed by atoms with van der Waals surface area (Å²) in [5, 5.41) is 6.69. The Morgan fingerprint density at radius 3 is 2.90 bits per heavy atom. The summed E-state index contributed by atoms with van der Waals surface area (Å²) >= 11 is 13.8. The molecule has 3 rings (SSSR count). The first kappa shape index (κ1) is 14.9. The van der Waals surface area contributed by atoms with Gasteiger partial charge >= 0.3 is 0 Å². The normalized spacial score (nSPS) is 12.9. The van der Waals surface area contributed by atoms with Gasteiger partial charge in [0.15, 0.2) is 4.96 Å². The van der Waals surface area contributed by atoms with Gasteiger partial charge in [0, 0.05) is 30.2 Å². The maximum absolute atomic E-state index is 6.13. The quantitative estimate of drug-likeness (QED) is 0.736. The second-order valence-corrected chi connectivity index (χ2v) is 6.50. The van der Waals surface area contributed by atoms with Gasteiger partial charge in [-0.1, -0.05) is 36.2 Å². The van der Waals surface area contributed by atoms with Gasteiger partial charge in [-0.15, -0.1) is 11.3 Å². The molecule has 1 N–H and O–H groups in total. The Kier molecular flexibility index (Phi) is 4.50. The van der Waals surface area contributed by atoms with Crippen LogP contribution in [0.15, 0.2) is 36.0 Å². The summed E-state index contributed by atoms with van der Waals surface area (Å²) in [6, 6.07) is 5.96. The molecule has 1 atom stereocenters. The van der Waals surface area contributed by atoms with Crippen molar-refractivity contribution in [2.45, 2.75) is 19.4 Å². The van der Waals surface area contributed by atoms with E-state index in [1.165, 1.54) is 0 Å². The van der Waals surface area contributed by atoms with Gasteiger partial charge in [0.1, 0.15) is 0 Å². The Hall–Kier alpha value is -1.07. The van der Waals surface area contributed by atoms with Gasteiger partial charge in [0.2, 0.25) is 0 Å². The lowest BCUT2D eigenvalue weighted by atomic mass is 10.0. The lowest BCUT2D eigenvalue weighted by molar-refractivity contribution is 0.545. The van der Waals surface area contributed by atoms with Crippen molar-refractivity contribution < 1.29 is 0 Å². The zero-order chi connectivity index (χ0) is 14.8. The molecule has 0 aliphatic carbocycles. The summed E-state index contributed by atoms with van der Waals surface area (Å²) in [6.07, 6.45) is 4.92. The molecule has 1 unspecified atom stereocenters. The number of fused-ring (bicyclic) bond motifs is 1. The number of likely N-dealkylation sites (N-methyl/N-ethyl adjacent to an activating group) is 1. The minimum atomic E-state index is 0.175. The average molecular weight is 340 g/mol. The number of imidazole rings is 1. The number of thiazole rings is 1. The van der Waals surface area contributed by atoms with E-state index in [0.29, 0.717) is 10.0 Å². The van der Waals surface area contributed by atoms with Crippen molar-refractivity contribution in [3.63, 3.8) is 0 Å². The van der Waals surface area contributed by atoms with Crippen molar-refractivity contribution in [2.24, 2.45) is 0 Å². The lowest BCUT2D eigenvalue weighted by Gasteiger charge is -2.18. The third-order valence-electron chi connectivity index (χ3n) is 3.35. The number of halogens is 2. The number of benzene rings is 1. The fourth-order valence-electron chi connectivity index (χ4n) is 2.37. The van der Waals surface area contributed by atoms with Crippen molar-refractivity contribution in [3.8, 4) is 0 Å². The first-order valence-electron chi connectivity index (χ1n) is 6.76. The highest BCUT2D eigenvalue weighted by Crippen LogP contribution is 2.27. The summed E-state index contributed by atoms with van der Waals surface area (Å²) in [7, 11) is 0. The van der Waals surface area contributed by atoms with Gasteiger partial charge in [-0.25, -0.2) is 4.98 Å². The molecule has 110 valence electrons. The predicted molar refractivity (Wildman–Crippen MR) is 89.7 cm³/mol. The van der Waals surface area contributed by atoms with Crippen molar-refractivity contribution in [1.29, 1.82) is 0 Å². The molecule has 0 aliphatic rings. The van der Waals surface area contributed by atoms with E-state index >= 15 is 0 Å². The molecule has 3 aromatic rings. The SMILES string of the molecule is CCNC(Cc1cn2ccsc2n1)c1ccc(Cl)c(Cl)c1. The van der Waals surface area contributed by atoms with Crippen LogP contribution in [-0.2, 0) is 6.42 Å². The summed E-state index contributed by atoms with van der Waals surface area (Å²) in [5.41, 5.74) is 2.20. The molecular weight excluding hydrogens is 325 g/mol. The summed E-state index contributed by atoms with van der Waals surface area (Å²) < 4.78 is 2.05. The predicted octanol–water partition coefficient (Wildman–Crippen LogP) is 4.60. The second-order valence-electron chi connectivity index (χ2n) is 4.81. The van der Waals surface area contributed by atoms with Gasteiger partial charge in [-0.2, -0.15) is 0 Å². The largest absolute Gasteiger partial charge is 0.310 e. The van der Waals surface area contributed by atoms with E-state index in [1.54, 1.807) is 11.3 Å². The van der Waals surface area contributed by atoms with Gasteiger partial charge in [0.25, 0.3) is 0 Å². The van der Waals surface area contributed by atoms with E-state index in [0.717, 1.165) is 29.2 Å². The molecule has 1 aromatic carbocycles. The van der Waals surface area contributed by atoms with Gasteiger partial charge in [-0.3, -0.25) is 4.40 Å². The van der Waals surface area contributed by atoms with Crippen LogP contribution in [0.4, 0.5) is 0 Å². The summed E-state index contributed by atoms with van der Waals surface area (Å²) in [6.45, 7) is 2.98. The van der Waals surface area contributed by atoms with Crippen molar-refractivity contribution in [3.05, 3.63) is 57.3 Å². The Morgan fingerprint density at radius 2 is 2.19 bits per heavy atom. The van der Waals surface area contributed by atoms with E-state index in [-0.39, 0.29) is 6.04 Å². The fraction of sp³-hybridized carbons (Fsp3) is 0.267. The molecular formula is C15H15Cl2N3S. The number of hydrogen-bond donors (Lipinski definition) is 1. The molecule has 2 aromatic heterocycles. The van der Waals surface area contributed by atoms with Gasteiger partial charge in [-0.05, 0) is 24.2 Å². The van der Waals surface area contributed by atoms with Gasteiger partial charge in [0.05, 0.1) is 15.7 Å². The van der Waals surface area contributed by atoms with Crippen LogP contribution in [0.2, 0.25) is 10.0 Å². The summed E-state index contributed by atoms with van der Waals surface area (Å²) in [5.74, 6) is 0. The Labute approximate surface area is 137 Å². The molecule has 0 fully saturated rings. The molecule has 0 spiro atoms. The Bertz CT molecular complexity index is 722. The van der Waals surface area contributed by atoms with Crippen LogP contribution in [0.3, 0.4) is 0 Å². The van der Waals surface area contributed by atoms with Crippen LogP contribution in [0.5, 0.6) is 0 Å². The van der Waals surface area contributed by atoms with Crippen molar-refractivity contribution in [2.75, 3.05) is 6.54 Å². The van der Waals surface area contributed by atoms with Crippen LogP contribution in [0, 0.1) is 0 Å². The van der Waals surface area contributed by atoms with E-state index < -0.39 is 0 Å². The molecule has 0 saturated heterocycles. The third-order valence-corrected chi connectivity index (χ3v) is 4.86. The van der Waals surface area contributed by atoms with Crippen LogP contribution in [0.25, 0.3) is 4.96 Å². The number of rotatable bonds is 5. The zero-order valence-corrected chi connectivity index (χ0v) is 13.8. The highest BCUT2D eigenvalue weighted by atomic mass is 35.5. The molecule has 0 radical (unpaired) electrons. The van der Waals surface area contributed by atoms with Crippen LogP contribution < -0.4 is 5.32 Å². The number of nitrogens with zero attached hydrogens (tertiary/aromatic N) is 2. The smallest absolute Gasteiger partial charge is 0.193 e. The first-order valence-corrected chi connectivity index (χ1v) is 8.40. The topological polar surface area (TPSA) is 29.3 Å². The first-order chi connectivity index (χ1) is 10.2.